The van der Waals surface area contributed by atoms with E-state index < -0.39 is 0 Å². The van der Waals surface area contributed by atoms with Gasteiger partial charge in [-0.25, -0.2) is 4.79 Å². The van der Waals surface area contributed by atoms with Gasteiger partial charge in [-0.05, 0) is 68.6 Å². The molecule has 0 aromatic heterocycles. The van der Waals surface area contributed by atoms with E-state index >= 15 is 0 Å². The summed E-state index contributed by atoms with van der Waals surface area (Å²) in [7, 11) is 0. The summed E-state index contributed by atoms with van der Waals surface area (Å²) in [4.78, 5) is 31.9. The molecule has 0 radical (unpaired) electrons. The lowest BCUT2D eigenvalue weighted by atomic mass is 9.75. The average molecular weight is 411 g/mol. The first kappa shape index (κ1) is 19.9. The van der Waals surface area contributed by atoms with Crippen molar-refractivity contribution in [3.63, 3.8) is 0 Å². The van der Waals surface area contributed by atoms with Crippen molar-refractivity contribution in [2.75, 3.05) is 38.0 Å². The lowest BCUT2D eigenvalue weighted by Crippen LogP contribution is -2.62. The molecule has 5 rings (SSSR count). The molecule has 4 fully saturated rings. The van der Waals surface area contributed by atoms with Crippen LogP contribution < -0.4 is 5.32 Å². The zero-order chi connectivity index (χ0) is 20.7. The predicted octanol–water partition coefficient (Wildman–Crippen LogP) is 3.32. The molecule has 30 heavy (non-hydrogen) atoms. The fourth-order valence-electron chi connectivity index (χ4n) is 6.31. The molecule has 0 aliphatic carbocycles. The number of fused-ring (bicyclic) bond motifs is 4. The van der Waals surface area contributed by atoms with E-state index in [1.54, 1.807) is 0 Å². The van der Waals surface area contributed by atoms with Gasteiger partial charge in [0.25, 0.3) is 0 Å². The third-order valence-corrected chi connectivity index (χ3v) is 7.75. The summed E-state index contributed by atoms with van der Waals surface area (Å²) in [6.45, 7) is 6.90. The van der Waals surface area contributed by atoms with Crippen LogP contribution >= 0.6 is 0 Å². The van der Waals surface area contributed by atoms with Crippen molar-refractivity contribution in [2.24, 2.45) is 11.8 Å². The second-order valence-corrected chi connectivity index (χ2v) is 9.84. The van der Waals surface area contributed by atoms with Crippen LogP contribution in [0, 0.1) is 18.8 Å². The van der Waals surface area contributed by atoms with Gasteiger partial charge in [-0.1, -0.05) is 12.1 Å². The normalized spacial score (nSPS) is 30.2. The highest BCUT2D eigenvalue weighted by Gasteiger charge is 2.45. The molecule has 1 aromatic carbocycles. The van der Waals surface area contributed by atoms with Gasteiger partial charge in [0.15, 0.2) is 0 Å². The Labute approximate surface area is 179 Å². The van der Waals surface area contributed by atoms with Crippen LogP contribution in [0.1, 0.15) is 44.1 Å². The quantitative estimate of drug-likeness (QED) is 0.814. The van der Waals surface area contributed by atoms with Crippen molar-refractivity contribution in [2.45, 2.75) is 57.5 Å². The van der Waals surface area contributed by atoms with Crippen LogP contribution in [0.2, 0.25) is 0 Å². The largest absolute Gasteiger partial charge is 0.339 e. The number of nitrogens with zero attached hydrogens (tertiary/aromatic N) is 3. The molecular formula is C24H34N4O2. The summed E-state index contributed by atoms with van der Waals surface area (Å²) < 4.78 is 0. The number of carbonyl (C=O) groups excluding carboxylic acids is 2. The molecule has 4 saturated heterocycles. The molecule has 0 saturated carbocycles. The van der Waals surface area contributed by atoms with Crippen molar-refractivity contribution in [1.82, 2.24) is 14.7 Å². The van der Waals surface area contributed by atoms with E-state index in [2.05, 4.69) is 15.1 Å². The Hall–Kier alpha value is -2.08. The highest BCUT2D eigenvalue weighted by Crippen LogP contribution is 2.39. The van der Waals surface area contributed by atoms with E-state index in [1.165, 1.54) is 12.8 Å². The van der Waals surface area contributed by atoms with Crippen molar-refractivity contribution < 1.29 is 9.59 Å². The van der Waals surface area contributed by atoms with Gasteiger partial charge in [0, 0.05) is 56.9 Å². The standard InChI is InChI=1S/C24H34N4O2/c1-17-4-2-5-20(12-17)25-24(30)26-10-8-21(9-11-26)27-14-18-13-19(16-27)22-6-3-7-23(29)28(22)15-18/h2,4-5,12,18-19,21-22H,3,6-11,13-16H2,1H3,(H,25,30)/t18?,19?,22-/m1/s1. The average Bonchev–Trinajstić information content (AvgIpc) is 2.74. The fraction of sp³-hybridized carbons (Fsp3) is 0.667. The molecule has 4 aliphatic rings. The first-order chi connectivity index (χ1) is 14.6. The number of urea groups is 1. The molecule has 4 heterocycles. The molecule has 2 bridgehead atoms. The van der Waals surface area contributed by atoms with Gasteiger partial charge in [-0.15, -0.1) is 0 Å². The summed E-state index contributed by atoms with van der Waals surface area (Å²) in [5.41, 5.74) is 2.03. The fourth-order valence-corrected chi connectivity index (χ4v) is 6.31. The lowest BCUT2D eigenvalue weighted by Gasteiger charge is -2.54. The molecule has 3 atom stereocenters. The Morgan fingerprint density at radius 3 is 2.73 bits per heavy atom. The highest BCUT2D eigenvalue weighted by atomic mass is 16.2. The van der Waals surface area contributed by atoms with Gasteiger partial charge >= 0.3 is 6.03 Å². The Kier molecular flexibility index (Phi) is 5.44. The second-order valence-electron chi connectivity index (χ2n) is 9.84. The number of aryl methyl sites for hydroxylation is 1. The van der Waals surface area contributed by atoms with Gasteiger partial charge in [-0.3, -0.25) is 9.69 Å². The molecule has 1 N–H and O–H groups in total. The van der Waals surface area contributed by atoms with Crippen LogP contribution in [-0.2, 0) is 4.79 Å². The van der Waals surface area contributed by atoms with Gasteiger partial charge in [0.2, 0.25) is 5.91 Å². The first-order valence-electron chi connectivity index (χ1n) is 11.7. The number of likely N-dealkylation sites (tertiary alicyclic amines) is 2. The minimum Gasteiger partial charge on any atom is -0.339 e. The van der Waals surface area contributed by atoms with Crippen LogP contribution in [-0.4, -0.2) is 71.4 Å². The molecule has 2 unspecified atom stereocenters. The Morgan fingerprint density at radius 2 is 1.93 bits per heavy atom. The summed E-state index contributed by atoms with van der Waals surface area (Å²) in [6, 6.07) is 9.05. The molecule has 1 aromatic rings. The smallest absolute Gasteiger partial charge is 0.321 e. The van der Waals surface area contributed by atoms with Crippen LogP contribution in [0.5, 0.6) is 0 Å². The number of hydrogen-bond donors (Lipinski definition) is 1. The Morgan fingerprint density at radius 1 is 1.10 bits per heavy atom. The summed E-state index contributed by atoms with van der Waals surface area (Å²) in [5, 5.41) is 3.05. The number of nitrogens with one attached hydrogen (secondary N) is 1. The topological polar surface area (TPSA) is 55.9 Å². The first-order valence-corrected chi connectivity index (χ1v) is 11.7. The van der Waals surface area contributed by atoms with Crippen LogP contribution in [0.15, 0.2) is 24.3 Å². The predicted molar refractivity (Wildman–Crippen MR) is 117 cm³/mol. The number of hydrogen-bond acceptors (Lipinski definition) is 3. The maximum atomic E-state index is 12.7. The zero-order valence-corrected chi connectivity index (χ0v) is 18.1. The SMILES string of the molecule is Cc1cccc(NC(=O)N2CCC(N3CC4CC(C3)[C@H]3CCCC(=O)N3C4)CC2)c1. The molecule has 6 nitrogen and oxygen atoms in total. The monoisotopic (exact) mass is 410 g/mol. The van der Waals surface area contributed by atoms with Crippen LogP contribution in [0.25, 0.3) is 0 Å². The maximum Gasteiger partial charge on any atom is 0.321 e. The zero-order valence-electron chi connectivity index (χ0n) is 18.1. The van der Waals surface area contributed by atoms with Crippen molar-refractivity contribution in [3.05, 3.63) is 29.8 Å². The number of anilines is 1. The third kappa shape index (κ3) is 3.94. The molecular weight excluding hydrogens is 376 g/mol. The minimum absolute atomic E-state index is 0.0194. The molecule has 162 valence electrons. The van der Waals surface area contributed by atoms with Crippen LogP contribution in [0.4, 0.5) is 10.5 Å². The Balaban J connectivity index is 1.15. The van der Waals surface area contributed by atoms with E-state index in [0.29, 0.717) is 29.8 Å². The lowest BCUT2D eigenvalue weighted by molar-refractivity contribution is -0.145. The van der Waals surface area contributed by atoms with E-state index in [-0.39, 0.29) is 6.03 Å². The molecule has 3 amide bonds. The summed E-state index contributed by atoms with van der Waals surface area (Å²) in [5.74, 6) is 1.66. The highest BCUT2D eigenvalue weighted by molar-refractivity contribution is 5.89. The maximum absolute atomic E-state index is 12.7. The van der Waals surface area contributed by atoms with Gasteiger partial charge in [0.1, 0.15) is 0 Å². The summed E-state index contributed by atoms with van der Waals surface area (Å²) in [6.07, 6.45) is 6.40. The number of benzene rings is 1. The van der Waals surface area contributed by atoms with Gasteiger partial charge in [-0.2, -0.15) is 0 Å². The van der Waals surface area contributed by atoms with E-state index in [0.717, 1.165) is 69.7 Å². The molecule has 0 spiro atoms. The number of amides is 3. The van der Waals surface area contributed by atoms with Crippen molar-refractivity contribution >= 4 is 17.6 Å². The molecule has 4 aliphatic heterocycles. The van der Waals surface area contributed by atoms with Gasteiger partial charge < -0.3 is 15.1 Å². The molecule has 6 heteroatoms. The van der Waals surface area contributed by atoms with E-state index in [9.17, 15) is 9.59 Å². The van der Waals surface area contributed by atoms with Crippen molar-refractivity contribution in [3.8, 4) is 0 Å². The second kappa shape index (κ2) is 8.22. The van der Waals surface area contributed by atoms with E-state index in [4.69, 9.17) is 0 Å². The van der Waals surface area contributed by atoms with Gasteiger partial charge in [0.05, 0.1) is 0 Å². The minimum atomic E-state index is 0.0194. The Bertz CT molecular complexity index is 804. The number of rotatable bonds is 2. The third-order valence-electron chi connectivity index (χ3n) is 7.75. The number of piperidine rings is 4. The van der Waals surface area contributed by atoms with Crippen molar-refractivity contribution in [1.29, 1.82) is 0 Å². The van der Waals surface area contributed by atoms with Crippen LogP contribution in [0.3, 0.4) is 0 Å². The summed E-state index contributed by atoms with van der Waals surface area (Å²) >= 11 is 0. The number of carbonyl (C=O) groups is 2. The van der Waals surface area contributed by atoms with E-state index in [1.807, 2.05) is 36.1 Å².